The van der Waals surface area contributed by atoms with Crippen molar-refractivity contribution in [3.05, 3.63) is 23.8 Å². The predicted molar refractivity (Wildman–Crippen MR) is 87.2 cm³/mol. The molecule has 0 aliphatic carbocycles. The van der Waals surface area contributed by atoms with E-state index < -0.39 is 0 Å². The third-order valence-corrected chi connectivity index (χ3v) is 5.10. The van der Waals surface area contributed by atoms with E-state index in [1.54, 1.807) is 18.2 Å². The fourth-order valence-corrected chi connectivity index (χ4v) is 4.00. The molecule has 0 unspecified atom stereocenters. The number of hydrogen-bond donors (Lipinski definition) is 2. The molecule has 1 fully saturated rings. The number of hydrogen-bond acceptors (Lipinski definition) is 6. The summed E-state index contributed by atoms with van der Waals surface area (Å²) in [6.07, 6.45) is 1.75. The van der Waals surface area contributed by atoms with Crippen molar-refractivity contribution in [1.29, 1.82) is 0 Å². The molecule has 0 saturated carbocycles. The fourth-order valence-electron chi connectivity index (χ4n) is 2.76. The van der Waals surface area contributed by atoms with Crippen molar-refractivity contribution < 1.29 is 24.1 Å². The number of carbonyl (C=O) groups excluding carboxylic acids is 1. The molecule has 3 rings (SSSR count). The number of nitrogens with one attached hydrogen (secondary N) is 1. The third kappa shape index (κ3) is 3.91. The first kappa shape index (κ1) is 16.4. The third-order valence-electron chi connectivity index (χ3n) is 4.11. The Morgan fingerprint density at radius 3 is 2.87 bits per heavy atom. The van der Waals surface area contributed by atoms with Gasteiger partial charge in [0.15, 0.2) is 11.5 Å². The van der Waals surface area contributed by atoms with Crippen molar-refractivity contribution in [2.45, 2.75) is 18.4 Å². The predicted octanol–water partition coefficient (Wildman–Crippen LogP) is 1.42. The van der Waals surface area contributed by atoms with Crippen LogP contribution in [0.5, 0.6) is 11.5 Å². The van der Waals surface area contributed by atoms with Crippen molar-refractivity contribution in [2.24, 2.45) is 0 Å². The number of aliphatic hydroxyl groups is 1. The van der Waals surface area contributed by atoms with Crippen LogP contribution in [-0.4, -0.2) is 54.7 Å². The van der Waals surface area contributed by atoms with E-state index in [4.69, 9.17) is 19.3 Å². The Bertz CT molecular complexity index is 559. The van der Waals surface area contributed by atoms with Crippen LogP contribution in [0.25, 0.3) is 0 Å². The zero-order chi connectivity index (χ0) is 16.1. The number of benzene rings is 1. The van der Waals surface area contributed by atoms with Gasteiger partial charge < -0.3 is 24.6 Å². The lowest BCUT2D eigenvalue weighted by Gasteiger charge is -2.37. The topological polar surface area (TPSA) is 77.0 Å². The smallest absolute Gasteiger partial charge is 0.251 e. The van der Waals surface area contributed by atoms with E-state index in [0.717, 1.165) is 24.3 Å². The summed E-state index contributed by atoms with van der Waals surface area (Å²) in [5.74, 6) is 3.11. The Hall–Kier alpha value is -1.44. The van der Waals surface area contributed by atoms with Gasteiger partial charge in [-0.3, -0.25) is 4.79 Å². The van der Waals surface area contributed by atoms with Crippen LogP contribution in [0.2, 0.25) is 0 Å². The number of thioether (sulfide) groups is 1. The number of carbonyl (C=O) groups is 1. The average molecular weight is 339 g/mol. The largest absolute Gasteiger partial charge is 0.454 e. The van der Waals surface area contributed by atoms with Crippen molar-refractivity contribution in [1.82, 2.24) is 5.32 Å². The van der Waals surface area contributed by atoms with Crippen LogP contribution in [-0.2, 0) is 4.74 Å². The molecular formula is C16H21NO5S. The normalized spacial score (nSPS) is 18.7. The maximum absolute atomic E-state index is 12.4. The van der Waals surface area contributed by atoms with Gasteiger partial charge in [0.05, 0.1) is 18.8 Å². The first-order valence-corrected chi connectivity index (χ1v) is 8.88. The van der Waals surface area contributed by atoms with E-state index in [9.17, 15) is 4.79 Å². The van der Waals surface area contributed by atoms with Gasteiger partial charge in [0, 0.05) is 12.1 Å². The van der Waals surface area contributed by atoms with E-state index >= 15 is 0 Å². The summed E-state index contributed by atoms with van der Waals surface area (Å²) >= 11 is 1.89. The van der Waals surface area contributed by atoms with Gasteiger partial charge in [0.1, 0.15) is 0 Å². The minimum Gasteiger partial charge on any atom is -0.454 e. The summed E-state index contributed by atoms with van der Waals surface area (Å²) in [6.45, 7) is 0.923. The van der Waals surface area contributed by atoms with Crippen LogP contribution >= 0.6 is 11.8 Å². The average Bonchev–Trinajstić information content (AvgIpc) is 3.06. The minimum atomic E-state index is -0.375. The van der Waals surface area contributed by atoms with E-state index in [1.165, 1.54) is 0 Å². The van der Waals surface area contributed by atoms with Gasteiger partial charge in [-0.25, -0.2) is 0 Å². The van der Waals surface area contributed by atoms with Crippen molar-refractivity contribution in [2.75, 3.05) is 38.1 Å². The standard InChI is InChI=1S/C16H21NO5S/c18-5-6-22-16(3-7-23-8-4-16)10-17-15(19)12-1-2-13-14(9-12)21-11-20-13/h1-2,9,18H,3-8,10-11H2,(H,17,19). The monoisotopic (exact) mass is 339 g/mol. The highest BCUT2D eigenvalue weighted by Gasteiger charge is 2.33. The van der Waals surface area contributed by atoms with Crippen LogP contribution < -0.4 is 14.8 Å². The van der Waals surface area contributed by atoms with E-state index in [0.29, 0.717) is 30.2 Å². The highest BCUT2D eigenvalue weighted by molar-refractivity contribution is 7.99. The zero-order valence-corrected chi connectivity index (χ0v) is 13.7. The highest BCUT2D eigenvalue weighted by atomic mass is 32.2. The summed E-state index contributed by atoms with van der Waals surface area (Å²) < 4.78 is 16.4. The molecule has 1 amide bonds. The molecule has 0 aromatic heterocycles. The molecule has 2 heterocycles. The molecule has 23 heavy (non-hydrogen) atoms. The lowest BCUT2D eigenvalue weighted by Crippen LogP contribution is -2.48. The number of ether oxygens (including phenoxy) is 3. The number of aliphatic hydroxyl groups excluding tert-OH is 1. The number of amides is 1. The Labute approximate surface area is 139 Å². The SMILES string of the molecule is O=C(NCC1(OCCO)CCSCC1)c1ccc2c(c1)OCO2. The number of rotatable bonds is 6. The van der Waals surface area contributed by atoms with Crippen molar-refractivity contribution >= 4 is 17.7 Å². The Morgan fingerprint density at radius 2 is 2.09 bits per heavy atom. The molecule has 0 bridgehead atoms. The molecule has 0 radical (unpaired) electrons. The maximum Gasteiger partial charge on any atom is 0.251 e. The highest BCUT2D eigenvalue weighted by Crippen LogP contribution is 2.33. The summed E-state index contributed by atoms with van der Waals surface area (Å²) in [5.41, 5.74) is 0.164. The molecule has 2 aliphatic heterocycles. The van der Waals surface area contributed by atoms with Crippen LogP contribution in [0.1, 0.15) is 23.2 Å². The molecule has 6 nitrogen and oxygen atoms in total. The van der Waals surface area contributed by atoms with Gasteiger partial charge in [-0.05, 0) is 42.5 Å². The first-order chi connectivity index (χ1) is 11.2. The van der Waals surface area contributed by atoms with Crippen molar-refractivity contribution in [3.63, 3.8) is 0 Å². The molecule has 7 heteroatoms. The van der Waals surface area contributed by atoms with Crippen molar-refractivity contribution in [3.8, 4) is 11.5 Å². The van der Waals surface area contributed by atoms with Crippen LogP contribution in [0.15, 0.2) is 18.2 Å². The second kappa shape index (κ2) is 7.42. The van der Waals surface area contributed by atoms with Gasteiger partial charge in [-0.1, -0.05) is 0 Å². The molecule has 126 valence electrons. The van der Waals surface area contributed by atoms with Crippen LogP contribution in [0.4, 0.5) is 0 Å². The van der Waals surface area contributed by atoms with Crippen LogP contribution in [0.3, 0.4) is 0 Å². The van der Waals surface area contributed by atoms with Gasteiger partial charge in [0.2, 0.25) is 6.79 Å². The van der Waals surface area contributed by atoms with E-state index in [-0.39, 0.29) is 24.9 Å². The molecule has 1 aromatic rings. The molecule has 2 aliphatic rings. The minimum absolute atomic E-state index is 0.00893. The molecular weight excluding hydrogens is 318 g/mol. The molecule has 2 N–H and O–H groups in total. The summed E-state index contributed by atoms with van der Waals surface area (Å²) in [5, 5.41) is 12.0. The molecule has 0 spiro atoms. The summed E-state index contributed by atoms with van der Waals surface area (Å²) in [6, 6.07) is 5.16. The van der Waals surface area contributed by atoms with Crippen LogP contribution in [0, 0.1) is 0 Å². The summed E-state index contributed by atoms with van der Waals surface area (Å²) in [4.78, 5) is 12.4. The lowest BCUT2D eigenvalue weighted by atomic mass is 9.96. The van der Waals surface area contributed by atoms with Gasteiger partial charge in [0.25, 0.3) is 5.91 Å². The fraction of sp³-hybridized carbons (Fsp3) is 0.562. The van der Waals surface area contributed by atoms with E-state index in [1.807, 2.05) is 11.8 Å². The molecule has 1 saturated heterocycles. The second-order valence-electron chi connectivity index (χ2n) is 5.62. The first-order valence-electron chi connectivity index (χ1n) is 7.73. The lowest BCUT2D eigenvalue weighted by molar-refractivity contribution is -0.0608. The quantitative estimate of drug-likeness (QED) is 0.816. The maximum atomic E-state index is 12.4. The van der Waals surface area contributed by atoms with Gasteiger partial charge >= 0.3 is 0 Å². The van der Waals surface area contributed by atoms with Gasteiger partial charge in [-0.2, -0.15) is 11.8 Å². The Balaban J connectivity index is 1.62. The van der Waals surface area contributed by atoms with E-state index in [2.05, 4.69) is 5.32 Å². The summed E-state index contributed by atoms with van der Waals surface area (Å²) in [7, 11) is 0. The molecule has 0 atom stereocenters. The zero-order valence-electron chi connectivity index (χ0n) is 12.9. The second-order valence-corrected chi connectivity index (χ2v) is 6.84. The number of fused-ring (bicyclic) bond motifs is 1. The Kier molecular flexibility index (Phi) is 5.30. The van der Waals surface area contributed by atoms with Gasteiger partial charge in [-0.15, -0.1) is 0 Å². The molecule has 1 aromatic carbocycles. The Morgan fingerprint density at radius 1 is 1.30 bits per heavy atom.